The third-order valence-electron chi connectivity index (χ3n) is 5.72. The summed E-state index contributed by atoms with van der Waals surface area (Å²) in [6.07, 6.45) is 8.89. The Morgan fingerprint density at radius 1 is 1.27 bits per heavy atom. The fourth-order valence-electron chi connectivity index (χ4n) is 4.02. The molecule has 0 aliphatic heterocycles. The molecule has 0 radical (unpaired) electrons. The largest absolute Gasteiger partial charge is 0.490 e. The quantitative estimate of drug-likeness (QED) is 0.428. The van der Waals surface area contributed by atoms with Gasteiger partial charge in [-0.1, -0.05) is 18.9 Å². The zero-order chi connectivity index (χ0) is 19.3. The molecule has 2 aliphatic carbocycles. The molecule has 26 heavy (non-hydrogen) atoms. The molecule has 2 fully saturated rings. The van der Waals surface area contributed by atoms with Crippen molar-refractivity contribution in [1.82, 2.24) is 0 Å². The van der Waals surface area contributed by atoms with E-state index in [0.29, 0.717) is 18.3 Å². The highest BCUT2D eigenvalue weighted by Crippen LogP contribution is 2.47. The number of carboxylic acid groups (broad SMARTS) is 1. The fourth-order valence-corrected chi connectivity index (χ4v) is 4.02. The van der Waals surface area contributed by atoms with Crippen LogP contribution in [0, 0.1) is 17.8 Å². The minimum Gasteiger partial charge on any atom is -0.490 e. The van der Waals surface area contributed by atoms with Gasteiger partial charge in [0.15, 0.2) is 0 Å². The van der Waals surface area contributed by atoms with Gasteiger partial charge in [-0.05, 0) is 69.9 Å². The Hall–Kier alpha value is -1.33. The normalized spacial score (nSPS) is 32.0. The minimum absolute atomic E-state index is 0.0294. The van der Waals surface area contributed by atoms with Crippen molar-refractivity contribution in [1.29, 1.82) is 0 Å². The number of aliphatic hydroxyl groups excluding tert-OH is 2. The van der Waals surface area contributed by atoms with Crippen LogP contribution in [0.25, 0.3) is 0 Å². The Morgan fingerprint density at radius 2 is 2.00 bits per heavy atom. The number of carbonyl (C=O) groups is 1. The predicted molar refractivity (Wildman–Crippen MR) is 100 cm³/mol. The summed E-state index contributed by atoms with van der Waals surface area (Å²) in [7, 11) is 0. The van der Waals surface area contributed by atoms with E-state index in [4.69, 9.17) is 9.84 Å². The molecular weight excluding hydrogens is 332 g/mol. The molecule has 2 rings (SSSR count). The molecule has 0 aromatic rings. The first kappa shape index (κ1) is 21.0. The lowest BCUT2D eigenvalue weighted by atomic mass is 9.84. The Bertz CT molecular complexity index is 539. The summed E-state index contributed by atoms with van der Waals surface area (Å²) in [4.78, 5) is 10.8. The molecule has 0 spiro atoms. The molecule has 3 N–H and O–H groups in total. The molecule has 0 saturated heterocycles. The predicted octanol–water partition coefficient (Wildman–Crippen LogP) is 3.65. The molecule has 5 heteroatoms. The maximum Gasteiger partial charge on any atom is 0.303 e. The number of aliphatic hydroxyl groups is 2. The Balaban J connectivity index is 1.81. The van der Waals surface area contributed by atoms with E-state index in [9.17, 15) is 15.0 Å². The van der Waals surface area contributed by atoms with Crippen molar-refractivity contribution < 1.29 is 24.9 Å². The number of hydrogen-bond acceptors (Lipinski definition) is 4. The minimum atomic E-state index is -0.886. The van der Waals surface area contributed by atoms with Crippen LogP contribution in [0.3, 0.4) is 0 Å². The molecule has 0 amide bonds. The lowest BCUT2D eigenvalue weighted by Gasteiger charge is -2.26. The monoisotopic (exact) mass is 366 g/mol. The third kappa shape index (κ3) is 6.44. The average Bonchev–Trinajstić information content (AvgIpc) is 3.32. The number of carboxylic acids is 1. The van der Waals surface area contributed by atoms with Gasteiger partial charge in [0.2, 0.25) is 0 Å². The molecule has 148 valence electrons. The van der Waals surface area contributed by atoms with Crippen LogP contribution in [0.4, 0.5) is 0 Å². The van der Waals surface area contributed by atoms with Crippen LogP contribution in [0.2, 0.25) is 0 Å². The second-order valence-electron chi connectivity index (χ2n) is 8.16. The third-order valence-corrected chi connectivity index (χ3v) is 5.72. The highest BCUT2D eigenvalue weighted by Gasteiger charge is 2.46. The first-order valence-electron chi connectivity index (χ1n) is 9.88. The lowest BCUT2D eigenvalue weighted by Crippen LogP contribution is -2.22. The summed E-state index contributed by atoms with van der Waals surface area (Å²) in [5.41, 5.74) is 0.980. The molecule has 5 nitrogen and oxygen atoms in total. The molecule has 2 saturated carbocycles. The van der Waals surface area contributed by atoms with E-state index in [1.165, 1.54) is 6.42 Å². The summed E-state index contributed by atoms with van der Waals surface area (Å²) >= 11 is 0. The van der Waals surface area contributed by atoms with Crippen molar-refractivity contribution >= 4 is 5.97 Å². The van der Waals surface area contributed by atoms with Crippen LogP contribution in [0.1, 0.15) is 65.7 Å². The number of aliphatic carboxylic acids is 1. The van der Waals surface area contributed by atoms with Gasteiger partial charge in [0.25, 0.3) is 0 Å². The molecule has 0 heterocycles. The summed E-state index contributed by atoms with van der Waals surface area (Å²) in [5.74, 6) is 0.768. The van der Waals surface area contributed by atoms with E-state index in [-0.39, 0.29) is 24.5 Å². The standard InChI is InChI=1S/C21H34O5/c1-4-17(8-13(2)9-19(23)14(3)10-21(24)25)26-20-12-18(20)15-6-5-7-16(22)11-15/h4,8,14-16,18-20,22-23H,5-7,9-12H2,1-3H3,(H,24,25)/b13-8+,17-4+/t14?,15?,16-,18?,19?,20?/m1/s1. The highest BCUT2D eigenvalue weighted by molar-refractivity contribution is 5.67. The Kier molecular flexibility index (Phi) is 7.71. The zero-order valence-electron chi connectivity index (χ0n) is 16.2. The summed E-state index contributed by atoms with van der Waals surface area (Å²) in [5, 5.41) is 28.9. The van der Waals surface area contributed by atoms with Crippen LogP contribution < -0.4 is 0 Å². The molecule has 0 aromatic carbocycles. The van der Waals surface area contributed by atoms with Gasteiger partial charge in [-0.25, -0.2) is 0 Å². The maximum absolute atomic E-state index is 10.8. The molecular formula is C21H34O5. The van der Waals surface area contributed by atoms with Crippen LogP contribution in [-0.2, 0) is 9.53 Å². The lowest BCUT2D eigenvalue weighted by molar-refractivity contribution is -0.138. The van der Waals surface area contributed by atoms with Gasteiger partial charge in [0.1, 0.15) is 11.9 Å². The van der Waals surface area contributed by atoms with E-state index in [1.807, 2.05) is 26.0 Å². The van der Waals surface area contributed by atoms with Crippen LogP contribution >= 0.6 is 0 Å². The van der Waals surface area contributed by atoms with E-state index in [2.05, 4.69) is 0 Å². The fraction of sp³-hybridized carbons (Fsp3) is 0.762. The molecule has 2 aliphatic rings. The van der Waals surface area contributed by atoms with Crippen molar-refractivity contribution in [2.45, 2.75) is 84.0 Å². The number of allylic oxidation sites excluding steroid dienone is 2. The Morgan fingerprint density at radius 3 is 2.62 bits per heavy atom. The van der Waals surface area contributed by atoms with Crippen LogP contribution in [-0.4, -0.2) is 39.6 Å². The maximum atomic E-state index is 10.8. The van der Waals surface area contributed by atoms with E-state index in [0.717, 1.165) is 37.0 Å². The number of ether oxygens (including phenoxy) is 1. The molecule has 5 unspecified atom stereocenters. The van der Waals surface area contributed by atoms with Gasteiger partial charge in [-0.15, -0.1) is 0 Å². The second-order valence-corrected chi connectivity index (χ2v) is 8.16. The molecule has 0 bridgehead atoms. The van der Waals surface area contributed by atoms with Crippen molar-refractivity contribution in [3.8, 4) is 0 Å². The van der Waals surface area contributed by atoms with Crippen LogP contribution in [0.15, 0.2) is 23.5 Å². The molecule has 6 atom stereocenters. The number of hydrogen-bond donors (Lipinski definition) is 3. The van der Waals surface area contributed by atoms with Gasteiger partial charge >= 0.3 is 5.97 Å². The van der Waals surface area contributed by atoms with Crippen molar-refractivity contribution in [3.63, 3.8) is 0 Å². The summed E-state index contributed by atoms with van der Waals surface area (Å²) in [6.45, 7) is 5.63. The van der Waals surface area contributed by atoms with Gasteiger partial charge in [0.05, 0.1) is 18.6 Å². The SMILES string of the molecule is C/C=C(\C=C(/C)CC(O)C(C)CC(=O)O)OC1CC1C1CCC[C@@H](O)C1. The average molecular weight is 366 g/mol. The van der Waals surface area contributed by atoms with Gasteiger partial charge < -0.3 is 20.1 Å². The first-order chi connectivity index (χ1) is 12.3. The Labute approximate surface area is 156 Å². The zero-order valence-corrected chi connectivity index (χ0v) is 16.2. The van der Waals surface area contributed by atoms with E-state index >= 15 is 0 Å². The van der Waals surface area contributed by atoms with Gasteiger partial charge in [-0.2, -0.15) is 0 Å². The van der Waals surface area contributed by atoms with Gasteiger partial charge in [-0.3, -0.25) is 4.79 Å². The van der Waals surface area contributed by atoms with Gasteiger partial charge in [0, 0.05) is 5.92 Å². The number of rotatable bonds is 9. The highest BCUT2D eigenvalue weighted by atomic mass is 16.5. The first-order valence-corrected chi connectivity index (χ1v) is 9.88. The summed E-state index contributed by atoms with van der Waals surface area (Å²) < 4.78 is 6.12. The smallest absolute Gasteiger partial charge is 0.303 e. The molecule has 0 aromatic heterocycles. The van der Waals surface area contributed by atoms with E-state index in [1.54, 1.807) is 6.92 Å². The van der Waals surface area contributed by atoms with Crippen molar-refractivity contribution in [3.05, 3.63) is 23.5 Å². The van der Waals surface area contributed by atoms with Crippen molar-refractivity contribution in [2.75, 3.05) is 0 Å². The van der Waals surface area contributed by atoms with Crippen molar-refractivity contribution in [2.24, 2.45) is 17.8 Å². The topological polar surface area (TPSA) is 87.0 Å². The van der Waals surface area contributed by atoms with E-state index < -0.39 is 12.1 Å². The second kappa shape index (κ2) is 9.56. The summed E-state index contributed by atoms with van der Waals surface area (Å²) in [6, 6.07) is 0. The van der Waals surface area contributed by atoms with Crippen LogP contribution in [0.5, 0.6) is 0 Å².